The first-order chi connectivity index (χ1) is 3.46. The van der Waals surface area contributed by atoms with Gasteiger partial charge in [-0.3, -0.25) is 13.3 Å². The Labute approximate surface area is 52.9 Å². The van der Waals surface area contributed by atoms with Gasteiger partial charge >= 0.3 is 0 Å². The number of hydrogen-bond acceptors (Lipinski definition) is 2. The SMILES string of the molecule is CS(C)=O.O=S(O)O. The van der Waals surface area contributed by atoms with Crippen LogP contribution in [0.3, 0.4) is 0 Å². The van der Waals surface area contributed by atoms with Crippen LogP contribution >= 0.6 is 0 Å². The largest absolute Gasteiger partial charge is 0.299 e. The minimum absolute atomic E-state index is 0.611. The van der Waals surface area contributed by atoms with Gasteiger partial charge in [0, 0.05) is 23.3 Å². The standard InChI is InChI=1S/C2H6OS.H2O3S/c2*1-4(2)3/h1-2H3;(H2,1,2,3). The molecule has 0 spiro atoms. The molecule has 6 heteroatoms. The maximum atomic E-state index is 9.56. The summed E-state index contributed by atoms with van der Waals surface area (Å²) in [4.78, 5) is 0. The molecule has 0 bridgehead atoms. The summed E-state index contributed by atoms with van der Waals surface area (Å²) in [6.45, 7) is 0. The van der Waals surface area contributed by atoms with Crippen LogP contribution in [0.15, 0.2) is 0 Å². The molecular formula is C2H8O4S2. The lowest BCUT2D eigenvalue weighted by Gasteiger charge is -1.60. The van der Waals surface area contributed by atoms with Gasteiger partial charge in [-0.05, 0) is 0 Å². The highest BCUT2D eigenvalue weighted by Crippen LogP contribution is 1.47. The first kappa shape index (κ1) is 11.1. The van der Waals surface area contributed by atoms with E-state index < -0.39 is 22.2 Å². The molecule has 0 amide bonds. The van der Waals surface area contributed by atoms with Crippen molar-refractivity contribution in [2.24, 2.45) is 0 Å². The summed E-state index contributed by atoms with van der Waals surface area (Å²) in [7, 11) is -0.611. The first-order valence-corrected chi connectivity index (χ1v) is 4.54. The van der Waals surface area contributed by atoms with Crippen molar-refractivity contribution in [2.45, 2.75) is 0 Å². The van der Waals surface area contributed by atoms with Crippen LogP contribution in [-0.2, 0) is 22.2 Å². The summed E-state index contributed by atoms with van der Waals surface area (Å²) >= 11 is -2.61. The van der Waals surface area contributed by atoms with Gasteiger partial charge in [0.1, 0.15) is 0 Å². The third-order valence-corrected chi connectivity index (χ3v) is 0. The number of hydrogen-bond donors (Lipinski definition) is 2. The highest BCUT2D eigenvalue weighted by molar-refractivity contribution is 7.83. The van der Waals surface area contributed by atoms with Gasteiger partial charge in [-0.25, -0.2) is 0 Å². The van der Waals surface area contributed by atoms with E-state index in [4.69, 9.17) is 13.3 Å². The molecule has 0 saturated carbocycles. The van der Waals surface area contributed by atoms with Gasteiger partial charge in [0.05, 0.1) is 0 Å². The molecule has 0 aliphatic rings. The molecule has 8 heavy (non-hydrogen) atoms. The van der Waals surface area contributed by atoms with Crippen molar-refractivity contribution in [3.8, 4) is 0 Å². The van der Waals surface area contributed by atoms with Crippen LogP contribution in [0.1, 0.15) is 0 Å². The van der Waals surface area contributed by atoms with E-state index in [1.165, 1.54) is 0 Å². The van der Waals surface area contributed by atoms with E-state index in [-0.39, 0.29) is 0 Å². The van der Waals surface area contributed by atoms with Crippen LogP contribution in [0.25, 0.3) is 0 Å². The number of rotatable bonds is 0. The summed E-state index contributed by atoms with van der Waals surface area (Å²) in [5.74, 6) is 0. The van der Waals surface area contributed by atoms with Crippen molar-refractivity contribution in [2.75, 3.05) is 12.5 Å². The van der Waals surface area contributed by atoms with Crippen LogP contribution < -0.4 is 0 Å². The van der Waals surface area contributed by atoms with Crippen molar-refractivity contribution >= 4 is 22.2 Å². The van der Waals surface area contributed by atoms with Crippen molar-refractivity contribution in [3.05, 3.63) is 0 Å². The van der Waals surface area contributed by atoms with Gasteiger partial charge in [0.15, 0.2) is 0 Å². The molecule has 0 aromatic carbocycles. The molecule has 0 heterocycles. The molecule has 0 aromatic rings. The van der Waals surface area contributed by atoms with Crippen LogP contribution in [0.4, 0.5) is 0 Å². The first-order valence-electron chi connectivity index (χ1n) is 1.51. The van der Waals surface area contributed by atoms with Crippen LogP contribution in [0, 0.1) is 0 Å². The van der Waals surface area contributed by atoms with Crippen LogP contribution in [0.5, 0.6) is 0 Å². The lowest BCUT2D eigenvalue weighted by molar-refractivity contribution is 0.454. The summed E-state index contributed by atoms with van der Waals surface area (Å²) < 4.78 is 32.4. The average molecular weight is 160 g/mol. The zero-order valence-corrected chi connectivity index (χ0v) is 6.16. The Hall–Kier alpha value is 0.220. The Morgan fingerprint density at radius 1 is 1.12 bits per heavy atom. The van der Waals surface area contributed by atoms with Gasteiger partial charge in [-0.15, -0.1) is 0 Å². The molecule has 0 atom stereocenters. The smallest absolute Gasteiger partial charge is 0.284 e. The maximum absolute atomic E-state index is 9.56. The van der Waals surface area contributed by atoms with Crippen molar-refractivity contribution in [1.82, 2.24) is 0 Å². The van der Waals surface area contributed by atoms with Crippen LogP contribution in [0.2, 0.25) is 0 Å². The molecule has 4 nitrogen and oxygen atoms in total. The predicted octanol–water partition coefficient (Wildman–Crippen LogP) is -0.324. The van der Waals surface area contributed by atoms with Crippen molar-refractivity contribution < 1.29 is 17.5 Å². The second kappa shape index (κ2) is 7.22. The monoisotopic (exact) mass is 160 g/mol. The highest BCUT2D eigenvalue weighted by Gasteiger charge is 1.62. The normalized spacial score (nSPS) is 8.75. The molecule has 0 fully saturated rings. The fourth-order valence-electron chi connectivity index (χ4n) is 0. The van der Waals surface area contributed by atoms with Gasteiger partial charge < -0.3 is 0 Å². The summed E-state index contributed by atoms with van der Waals surface area (Å²) in [5, 5.41) is 0. The van der Waals surface area contributed by atoms with Crippen molar-refractivity contribution in [3.63, 3.8) is 0 Å². The second-order valence-electron chi connectivity index (χ2n) is 0.972. The van der Waals surface area contributed by atoms with E-state index >= 15 is 0 Å². The third-order valence-electron chi connectivity index (χ3n) is 0. The molecular weight excluding hydrogens is 152 g/mol. The fourth-order valence-corrected chi connectivity index (χ4v) is 0. The Kier molecular flexibility index (Phi) is 10.00. The van der Waals surface area contributed by atoms with Crippen molar-refractivity contribution in [1.29, 1.82) is 0 Å². The van der Waals surface area contributed by atoms with E-state index in [0.717, 1.165) is 0 Å². The summed E-state index contributed by atoms with van der Waals surface area (Å²) in [5.41, 5.74) is 0. The van der Waals surface area contributed by atoms with E-state index in [1.807, 2.05) is 0 Å². The Balaban J connectivity index is 0. The minimum atomic E-state index is -2.61. The average Bonchev–Trinajstić information content (AvgIpc) is 1.25. The van der Waals surface area contributed by atoms with E-state index in [2.05, 4.69) is 0 Å². The molecule has 0 radical (unpaired) electrons. The Morgan fingerprint density at radius 2 is 1.12 bits per heavy atom. The summed E-state index contributed by atoms with van der Waals surface area (Å²) in [6, 6.07) is 0. The topological polar surface area (TPSA) is 74.6 Å². The van der Waals surface area contributed by atoms with Gasteiger partial charge in [0.25, 0.3) is 11.4 Å². The van der Waals surface area contributed by atoms with E-state index in [1.54, 1.807) is 12.5 Å². The predicted molar refractivity (Wildman–Crippen MR) is 33.4 cm³/mol. The van der Waals surface area contributed by atoms with Gasteiger partial charge in [-0.2, -0.15) is 4.21 Å². The molecule has 0 saturated heterocycles. The van der Waals surface area contributed by atoms with E-state index in [9.17, 15) is 4.21 Å². The minimum Gasteiger partial charge on any atom is -0.284 e. The quantitative estimate of drug-likeness (QED) is 0.476. The third kappa shape index (κ3) is 3500. The van der Waals surface area contributed by atoms with Gasteiger partial charge in [0.2, 0.25) is 0 Å². The Morgan fingerprint density at radius 3 is 1.12 bits per heavy atom. The van der Waals surface area contributed by atoms with Crippen LogP contribution in [-0.4, -0.2) is 30.0 Å². The fraction of sp³-hybridized carbons (Fsp3) is 1.00. The molecule has 0 rings (SSSR count). The molecule has 52 valence electrons. The molecule has 0 unspecified atom stereocenters. The maximum Gasteiger partial charge on any atom is 0.299 e. The summed E-state index contributed by atoms with van der Waals surface area (Å²) in [6.07, 6.45) is 3.28. The lowest BCUT2D eigenvalue weighted by Crippen LogP contribution is -1.74. The van der Waals surface area contributed by atoms with Gasteiger partial charge in [-0.1, -0.05) is 0 Å². The second-order valence-corrected chi connectivity index (χ2v) is 2.92. The molecule has 0 aliphatic carbocycles. The zero-order chi connectivity index (χ0) is 7.15. The Bertz CT molecular complexity index is 70.0. The molecule has 0 aliphatic heterocycles. The highest BCUT2D eigenvalue weighted by atomic mass is 32.2. The lowest BCUT2D eigenvalue weighted by atomic mass is 11.9. The molecule has 0 aromatic heterocycles. The zero-order valence-electron chi connectivity index (χ0n) is 4.53. The van der Waals surface area contributed by atoms with E-state index in [0.29, 0.717) is 0 Å². The molecule has 2 N–H and O–H groups in total.